The molecular weight excluding hydrogens is 239 g/mol. The van der Waals surface area contributed by atoms with Gasteiger partial charge in [0.25, 0.3) is 0 Å². The average molecular weight is 247 g/mol. The fourth-order valence-corrected chi connectivity index (χ4v) is 1.89. The fraction of sp³-hybridized carbons (Fsp3) is 0.300. The van der Waals surface area contributed by atoms with E-state index in [0.29, 0.717) is 28.0 Å². The monoisotopic (exact) mass is 246 g/mol. The Morgan fingerprint density at radius 1 is 1.53 bits per heavy atom. The molecule has 0 N–H and O–H groups in total. The molecule has 80 valence electrons. The number of carbonyl (C=O) groups is 1. The predicted octanol–water partition coefficient (Wildman–Crippen LogP) is 2.58. The van der Waals surface area contributed by atoms with E-state index in [0.717, 1.165) is 0 Å². The van der Waals surface area contributed by atoms with Crippen LogP contribution >= 0.6 is 23.2 Å². The molecular formula is C10H8Cl2O3. The molecule has 1 aromatic carbocycles. The number of ketones is 1. The first-order valence-electron chi connectivity index (χ1n) is 4.32. The van der Waals surface area contributed by atoms with Gasteiger partial charge in [-0.1, -0.05) is 23.2 Å². The van der Waals surface area contributed by atoms with Crippen LogP contribution in [0.15, 0.2) is 12.1 Å². The Morgan fingerprint density at radius 2 is 2.20 bits per heavy atom. The Labute approximate surface area is 96.9 Å². The van der Waals surface area contributed by atoms with E-state index >= 15 is 0 Å². The normalized spacial score (nSPS) is 18.7. The molecule has 5 heteroatoms. The number of Topliss-reactive ketones (excluding diaryl/α,β-unsaturated/α-hetero) is 1. The highest BCUT2D eigenvalue weighted by atomic mass is 35.5. The van der Waals surface area contributed by atoms with E-state index < -0.39 is 0 Å². The van der Waals surface area contributed by atoms with Crippen molar-refractivity contribution in [3.05, 3.63) is 27.7 Å². The van der Waals surface area contributed by atoms with E-state index in [9.17, 15) is 4.79 Å². The van der Waals surface area contributed by atoms with Crippen molar-refractivity contribution < 1.29 is 14.3 Å². The van der Waals surface area contributed by atoms with Crippen LogP contribution in [-0.4, -0.2) is 25.6 Å². The fourth-order valence-electron chi connectivity index (χ4n) is 1.32. The number of epoxide rings is 1. The second-order valence-electron chi connectivity index (χ2n) is 3.15. The molecule has 1 aromatic rings. The summed E-state index contributed by atoms with van der Waals surface area (Å²) >= 11 is 11.7. The zero-order valence-corrected chi connectivity index (χ0v) is 9.43. The molecule has 15 heavy (non-hydrogen) atoms. The van der Waals surface area contributed by atoms with Crippen molar-refractivity contribution in [3.8, 4) is 5.75 Å². The van der Waals surface area contributed by atoms with Crippen LogP contribution in [0.5, 0.6) is 5.75 Å². The highest BCUT2D eigenvalue weighted by Crippen LogP contribution is 2.34. The minimum Gasteiger partial charge on any atom is -0.494 e. The molecule has 0 amide bonds. The number of benzene rings is 1. The minimum atomic E-state index is -0.367. The SMILES string of the molecule is COc1c(Cl)cc(Cl)cc1C(=O)C1CO1. The molecule has 0 bridgehead atoms. The predicted molar refractivity (Wildman–Crippen MR) is 57.1 cm³/mol. The Morgan fingerprint density at radius 3 is 2.73 bits per heavy atom. The third-order valence-electron chi connectivity index (χ3n) is 2.10. The van der Waals surface area contributed by atoms with Gasteiger partial charge in [0.05, 0.1) is 24.3 Å². The van der Waals surface area contributed by atoms with Crippen molar-refractivity contribution in [2.24, 2.45) is 0 Å². The van der Waals surface area contributed by atoms with Crippen molar-refractivity contribution in [2.75, 3.05) is 13.7 Å². The van der Waals surface area contributed by atoms with Gasteiger partial charge in [-0.05, 0) is 12.1 Å². The molecule has 0 radical (unpaired) electrons. The largest absolute Gasteiger partial charge is 0.494 e. The minimum absolute atomic E-state index is 0.142. The van der Waals surface area contributed by atoms with Crippen molar-refractivity contribution >= 4 is 29.0 Å². The van der Waals surface area contributed by atoms with Crippen molar-refractivity contribution in [1.82, 2.24) is 0 Å². The first-order valence-corrected chi connectivity index (χ1v) is 5.08. The lowest BCUT2D eigenvalue weighted by Crippen LogP contribution is -2.09. The van der Waals surface area contributed by atoms with E-state index in [1.807, 2.05) is 0 Å². The maximum absolute atomic E-state index is 11.8. The van der Waals surface area contributed by atoms with Crippen LogP contribution in [0.1, 0.15) is 10.4 Å². The Bertz CT molecular complexity index is 413. The van der Waals surface area contributed by atoms with Gasteiger partial charge in [0.2, 0.25) is 0 Å². The molecule has 3 nitrogen and oxygen atoms in total. The average Bonchev–Trinajstić information content (AvgIpc) is 2.98. The second-order valence-corrected chi connectivity index (χ2v) is 4.00. The van der Waals surface area contributed by atoms with E-state index in [1.165, 1.54) is 19.2 Å². The highest BCUT2D eigenvalue weighted by Gasteiger charge is 2.34. The van der Waals surface area contributed by atoms with Crippen LogP contribution in [0, 0.1) is 0 Å². The first kappa shape index (κ1) is 10.7. The quantitative estimate of drug-likeness (QED) is 0.608. The lowest BCUT2D eigenvalue weighted by molar-refractivity contribution is 0.0950. The summed E-state index contributed by atoms with van der Waals surface area (Å²) in [4.78, 5) is 11.8. The summed E-state index contributed by atoms with van der Waals surface area (Å²) in [7, 11) is 1.46. The lowest BCUT2D eigenvalue weighted by Gasteiger charge is -2.08. The molecule has 0 aliphatic carbocycles. The summed E-state index contributed by atoms with van der Waals surface area (Å²) in [5, 5.41) is 0.735. The number of methoxy groups -OCH3 is 1. The Kier molecular flexibility index (Phi) is 2.87. The van der Waals surface area contributed by atoms with Gasteiger partial charge in [0.15, 0.2) is 5.78 Å². The summed E-state index contributed by atoms with van der Waals surface area (Å²) in [6, 6.07) is 3.07. The van der Waals surface area contributed by atoms with Gasteiger partial charge >= 0.3 is 0 Å². The third kappa shape index (κ3) is 2.09. The first-order chi connectivity index (χ1) is 7.13. The summed E-state index contributed by atoms with van der Waals surface area (Å²) < 4.78 is 9.98. The van der Waals surface area contributed by atoms with Gasteiger partial charge in [-0.2, -0.15) is 0 Å². The molecule has 1 aliphatic heterocycles. The number of ether oxygens (including phenoxy) is 2. The Hall–Kier alpha value is -0.770. The van der Waals surface area contributed by atoms with Gasteiger partial charge in [-0.3, -0.25) is 4.79 Å². The number of rotatable bonds is 3. The summed E-state index contributed by atoms with van der Waals surface area (Å²) in [6.07, 6.45) is -0.367. The van der Waals surface area contributed by atoms with Crippen LogP contribution < -0.4 is 4.74 Å². The number of hydrogen-bond donors (Lipinski definition) is 0. The van der Waals surface area contributed by atoms with Crippen LogP contribution in [0.4, 0.5) is 0 Å². The van der Waals surface area contributed by atoms with Gasteiger partial charge in [0, 0.05) is 5.02 Å². The van der Waals surface area contributed by atoms with Crippen LogP contribution in [0.3, 0.4) is 0 Å². The molecule has 0 saturated carbocycles. The van der Waals surface area contributed by atoms with Crippen molar-refractivity contribution in [2.45, 2.75) is 6.10 Å². The van der Waals surface area contributed by atoms with Crippen LogP contribution in [0.2, 0.25) is 10.0 Å². The smallest absolute Gasteiger partial charge is 0.197 e. The van der Waals surface area contributed by atoms with Gasteiger partial charge in [0.1, 0.15) is 11.9 Å². The molecule has 1 saturated heterocycles. The zero-order chi connectivity index (χ0) is 11.0. The summed E-state index contributed by atoms with van der Waals surface area (Å²) in [5.41, 5.74) is 0.373. The zero-order valence-electron chi connectivity index (χ0n) is 7.92. The standard InChI is InChI=1S/C10H8Cl2O3/c1-14-10-6(9(13)8-4-15-8)2-5(11)3-7(10)12/h2-3,8H,4H2,1H3. The van der Waals surface area contributed by atoms with E-state index in [-0.39, 0.29) is 11.9 Å². The summed E-state index contributed by atoms with van der Waals surface area (Å²) in [6.45, 7) is 0.451. The number of hydrogen-bond acceptors (Lipinski definition) is 3. The molecule has 0 aromatic heterocycles. The van der Waals surface area contributed by atoms with Crippen LogP contribution in [0.25, 0.3) is 0 Å². The molecule has 1 fully saturated rings. The summed E-state index contributed by atoms with van der Waals surface area (Å²) in [5.74, 6) is 0.206. The highest BCUT2D eigenvalue weighted by molar-refractivity contribution is 6.36. The van der Waals surface area contributed by atoms with Crippen molar-refractivity contribution in [3.63, 3.8) is 0 Å². The molecule has 2 rings (SSSR count). The van der Waals surface area contributed by atoms with Gasteiger partial charge in [-0.15, -0.1) is 0 Å². The number of carbonyl (C=O) groups excluding carboxylic acids is 1. The third-order valence-corrected chi connectivity index (χ3v) is 2.60. The maximum atomic E-state index is 11.8. The van der Waals surface area contributed by atoms with E-state index in [1.54, 1.807) is 0 Å². The van der Waals surface area contributed by atoms with E-state index in [2.05, 4.69) is 0 Å². The number of halogens is 2. The second kappa shape index (κ2) is 4.00. The van der Waals surface area contributed by atoms with Crippen molar-refractivity contribution in [1.29, 1.82) is 0 Å². The lowest BCUT2D eigenvalue weighted by atomic mass is 10.1. The Balaban J connectivity index is 2.47. The molecule has 1 aliphatic rings. The molecule has 1 heterocycles. The maximum Gasteiger partial charge on any atom is 0.197 e. The van der Waals surface area contributed by atoms with Gasteiger partial charge < -0.3 is 9.47 Å². The topological polar surface area (TPSA) is 38.8 Å². The van der Waals surface area contributed by atoms with E-state index in [4.69, 9.17) is 32.7 Å². The molecule has 1 unspecified atom stereocenters. The van der Waals surface area contributed by atoms with Gasteiger partial charge in [-0.25, -0.2) is 0 Å². The van der Waals surface area contributed by atoms with Crippen LogP contribution in [-0.2, 0) is 4.74 Å². The molecule has 1 atom stereocenters. The molecule has 0 spiro atoms.